The van der Waals surface area contributed by atoms with Crippen molar-refractivity contribution in [2.75, 3.05) is 10.3 Å². The fourth-order valence-corrected chi connectivity index (χ4v) is 8.07. The van der Waals surface area contributed by atoms with Crippen molar-refractivity contribution in [2.24, 2.45) is 16.9 Å². The number of carbonyl (C=O) groups excluding carboxylic acids is 2. The number of halogens is 1. The Kier molecular flexibility index (Phi) is 5.05. The van der Waals surface area contributed by atoms with E-state index in [0.717, 1.165) is 32.5 Å². The van der Waals surface area contributed by atoms with Crippen molar-refractivity contribution in [1.82, 2.24) is 4.98 Å². The summed E-state index contributed by atoms with van der Waals surface area (Å²) in [5.74, 6) is -1.99. The molecular formula is C32H21ClN4O2S. The molecule has 2 bridgehead atoms. The van der Waals surface area contributed by atoms with Gasteiger partial charge < -0.3 is 0 Å². The first-order valence-electron chi connectivity index (χ1n) is 13.1. The second-order valence-electron chi connectivity index (χ2n) is 10.3. The van der Waals surface area contributed by atoms with Crippen molar-refractivity contribution in [2.45, 2.75) is 11.3 Å². The monoisotopic (exact) mass is 560 g/mol. The smallest absolute Gasteiger partial charge is 0.239 e. The van der Waals surface area contributed by atoms with Gasteiger partial charge in [0.15, 0.2) is 0 Å². The average molecular weight is 561 g/mol. The molecule has 0 spiro atoms. The van der Waals surface area contributed by atoms with Crippen LogP contribution in [-0.2, 0) is 15.0 Å². The van der Waals surface area contributed by atoms with Gasteiger partial charge in [0.25, 0.3) is 0 Å². The summed E-state index contributed by atoms with van der Waals surface area (Å²) in [6.45, 7) is 0. The van der Waals surface area contributed by atoms with Crippen LogP contribution in [0.1, 0.15) is 28.2 Å². The van der Waals surface area contributed by atoms with Crippen LogP contribution in [-0.4, -0.2) is 23.0 Å². The van der Waals surface area contributed by atoms with Crippen LogP contribution in [0.3, 0.4) is 0 Å². The maximum atomic E-state index is 14.4. The molecule has 0 saturated carbocycles. The summed E-state index contributed by atoms with van der Waals surface area (Å²) in [6, 6.07) is 31.2. The number of para-hydroxylation sites is 2. The number of rotatable bonds is 4. The van der Waals surface area contributed by atoms with Crippen molar-refractivity contribution < 1.29 is 9.59 Å². The highest BCUT2D eigenvalue weighted by atomic mass is 35.5. The topological polar surface area (TPSA) is 74.7 Å². The summed E-state index contributed by atoms with van der Waals surface area (Å²) in [5.41, 5.74) is 7.57. The van der Waals surface area contributed by atoms with Crippen molar-refractivity contribution >= 4 is 62.0 Å². The van der Waals surface area contributed by atoms with Gasteiger partial charge in [-0.1, -0.05) is 95.7 Å². The third-order valence-electron chi connectivity index (χ3n) is 8.50. The molecule has 2 amide bonds. The van der Waals surface area contributed by atoms with E-state index in [1.165, 1.54) is 16.2 Å². The Bertz CT molecular complexity index is 1820. The largest absolute Gasteiger partial charge is 0.274 e. The maximum absolute atomic E-state index is 14.4. The van der Waals surface area contributed by atoms with Gasteiger partial charge in [0.2, 0.25) is 16.9 Å². The quantitative estimate of drug-likeness (QED) is 0.153. The Morgan fingerprint density at radius 1 is 0.850 bits per heavy atom. The molecule has 4 aromatic carbocycles. The summed E-state index contributed by atoms with van der Waals surface area (Å²) in [6.07, 6.45) is 1.82. The van der Waals surface area contributed by atoms with Crippen LogP contribution in [0.5, 0.6) is 0 Å². The van der Waals surface area contributed by atoms with Crippen molar-refractivity contribution in [3.8, 4) is 0 Å². The number of hydrogen-bond acceptors (Lipinski definition) is 6. The molecule has 1 N–H and O–H groups in total. The number of aromatic nitrogens is 1. The molecule has 2 atom stereocenters. The molecule has 4 aliphatic rings. The normalized spacial score (nSPS) is 24.4. The van der Waals surface area contributed by atoms with Gasteiger partial charge in [-0.2, -0.15) is 5.10 Å². The van der Waals surface area contributed by atoms with Crippen LogP contribution in [0.25, 0.3) is 10.2 Å². The molecule has 0 radical (unpaired) electrons. The summed E-state index contributed by atoms with van der Waals surface area (Å²) >= 11 is 8.04. The molecule has 40 heavy (non-hydrogen) atoms. The van der Waals surface area contributed by atoms with Crippen molar-refractivity contribution in [3.05, 3.63) is 124 Å². The number of nitrogens with zero attached hydrogens (tertiary/aromatic N) is 3. The minimum atomic E-state index is -0.959. The van der Waals surface area contributed by atoms with E-state index < -0.39 is 17.3 Å². The van der Waals surface area contributed by atoms with E-state index in [4.69, 9.17) is 16.7 Å². The Labute approximate surface area is 238 Å². The number of carbonyl (C=O) groups is 2. The number of imide groups is 1. The molecule has 1 saturated heterocycles. The van der Waals surface area contributed by atoms with Crippen LogP contribution in [0.15, 0.2) is 102 Å². The number of benzene rings is 4. The molecule has 2 heterocycles. The van der Waals surface area contributed by atoms with Crippen LogP contribution in [0, 0.1) is 11.8 Å². The van der Waals surface area contributed by atoms with Gasteiger partial charge in [-0.3, -0.25) is 15.0 Å². The Morgan fingerprint density at radius 2 is 1.50 bits per heavy atom. The molecule has 3 aliphatic carbocycles. The Balaban J connectivity index is 1.33. The lowest BCUT2D eigenvalue weighted by atomic mass is 9.47. The first-order valence-corrected chi connectivity index (χ1v) is 14.3. The van der Waals surface area contributed by atoms with Crippen LogP contribution < -0.4 is 10.3 Å². The number of amides is 2. The molecule has 6 nitrogen and oxygen atoms in total. The Morgan fingerprint density at radius 3 is 2.23 bits per heavy atom. The van der Waals surface area contributed by atoms with Gasteiger partial charge >= 0.3 is 0 Å². The molecule has 1 aliphatic heterocycles. The number of nitrogens with one attached hydrogen (secondary N) is 1. The summed E-state index contributed by atoms with van der Waals surface area (Å²) in [7, 11) is 0. The van der Waals surface area contributed by atoms with Gasteiger partial charge in [-0.15, -0.1) is 0 Å². The predicted octanol–water partition coefficient (Wildman–Crippen LogP) is 6.60. The van der Waals surface area contributed by atoms with Crippen molar-refractivity contribution in [1.29, 1.82) is 0 Å². The molecule has 5 aromatic rings. The summed E-state index contributed by atoms with van der Waals surface area (Å²) in [4.78, 5) is 34.6. The molecule has 1 aromatic heterocycles. The predicted molar refractivity (Wildman–Crippen MR) is 158 cm³/mol. The SMILES string of the molecule is O=C1[C@@H]2C3c4ccccc4C(/C=N\Nc4nc5ccccc5s4)(c4ccccc43)[C@H]2C(=O)N1c1ccccc1Cl. The standard InChI is InChI=1S/C32H21ClN4O2S/c33-22-13-5-7-15-24(22)37-29(38)27-26-18-9-1-3-11-20(18)32(28(27)30(37)39,21-12-4-2-10-19(21)26)17-34-36-31-35-23-14-6-8-16-25(23)40-31/h1-17,26-28H,(H,35,36)/b34-17-/t26?,27-,28-,32?/m1/s1. The van der Waals surface area contributed by atoms with Gasteiger partial charge in [0, 0.05) is 12.1 Å². The van der Waals surface area contributed by atoms with E-state index in [-0.39, 0.29) is 17.7 Å². The second kappa shape index (κ2) is 8.58. The third kappa shape index (κ3) is 3.04. The van der Waals surface area contributed by atoms with E-state index in [1.807, 2.05) is 54.7 Å². The second-order valence-corrected chi connectivity index (χ2v) is 11.8. The minimum Gasteiger partial charge on any atom is -0.274 e. The molecule has 194 valence electrons. The number of thiazole rings is 1. The lowest BCUT2D eigenvalue weighted by Gasteiger charge is -2.52. The average Bonchev–Trinajstić information content (AvgIpc) is 3.52. The summed E-state index contributed by atoms with van der Waals surface area (Å²) < 4.78 is 1.05. The molecule has 0 unspecified atom stereocenters. The van der Waals surface area contributed by atoms with E-state index in [0.29, 0.717) is 15.8 Å². The van der Waals surface area contributed by atoms with Crippen LogP contribution in [0.2, 0.25) is 5.02 Å². The minimum absolute atomic E-state index is 0.228. The lowest BCUT2D eigenvalue weighted by Crippen LogP contribution is -2.54. The van der Waals surface area contributed by atoms with Gasteiger partial charge in [-0.05, 0) is 46.5 Å². The van der Waals surface area contributed by atoms with Crippen LogP contribution >= 0.6 is 22.9 Å². The first-order chi connectivity index (χ1) is 19.6. The molecule has 8 heteroatoms. The summed E-state index contributed by atoms with van der Waals surface area (Å²) in [5, 5.41) is 5.75. The van der Waals surface area contributed by atoms with Gasteiger partial charge in [0.05, 0.1) is 38.2 Å². The highest BCUT2D eigenvalue weighted by molar-refractivity contribution is 7.22. The number of hydrazone groups is 1. The highest BCUT2D eigenvalue weighted by Crippen LogP contribution is 2.63. The molecule has 1 fully saturated rings. The van der Waals surface area contributed by atoms with E-state index in [2.05, 4.69) is 34.7 Å². The fourth-order valence-electron chi connectivity index (χ4n) is 7.03. The Hall–Kier alpha value is -4.33. The van der Waals surface area contributed by atoms with Crippen molar-refractivity contribution in [3.63, 3.8) is 0 Å². The zero-order valence-electron chi connectivity index (χ0n) is 21.0. The zero-order chi connectivity index (χ0) is 27.0. The van der Waals surface area contributed by atoms with Gasteiger partial charge in [-0.25, -0.2) is 9.88 Å². The third-order valence-corrected chi connectivity index (χ3v) is 9.76. The lowest BCUT2D eigenvalue weighted by molar-refractivity contribution is -0.122. The van der Waals surface area contributed by atoms with E-state index >= 15 is 0 Å². The van der Waals surface area contributed by atoms with E-state index in [9.17, 15) is 9.59 Å². The number of hydrogen-bond donors (Lipinski definition) is 1. The number of fused-ring (bicyclic) bond motifs is 1. The maximum Gasteiger partial charge on any atom is 0.239 e. The molecule has 9 rings (SSSR count). The highest BCUT2D eigenvalue weighted by Gasteiger charge is 2.68. The van der Waals surface area contributed by atoms with Crippen LogP contribution in [0.4, 0.5) is 10.8 Å². The zero-order valence-corrected chi connectivity index (χ0v) is 22.6. The fraction of sp³-hybridized carbons (Fsp3) is 0.125. The number of anilines is 2. The van der Waals surface area contributed by atoms with E-state index in [1.54, 1.807) is 24.3 Å². The van der Waals surface area contributed by atoms with Gasteiger partial charge in [0.1, 0.15) is 0 Å². The first kappa shape index (κ1) is 23.5. The molecular weight excluding hydrogens is 540 g/mol.